The molecule has 1 aromatic rings. The van der Waals surface area contributed by atoms with Gasteiger partial charge in [0.2, 0.25) is 0 Å². The van der Waals surface area contributed by atoms with Crippen LogP contribution < -0.4 is 10.6 Å². The van der Waals surface area contributed by atoms with Crippen LogP contribution in [0.15, 0.2) is 0 Å². The number of hydrogen-bond donors (Lipinski definition) is 2. The van der Waals surface area contributed by atoms with Crippen LogP contribution in [0.4, 0.5) is 11.6 Å². The van der Waals surface area contributed by atoms with E-state index in [1.807, 2.05) is 25.7 Å². The minimum absolute atomic E-state index is 0.576. The van der Waals surface area contributed by atoms with Crippen molar-refractivity contribution < 1.29 is 0 Å². The van der Waals surface area contributed by atoms with E-state index < -0.39 is 0 Å². The van der Waals surface area contributed by atoms with Gasteiger partial charge >= 0.3 is 0 Å². The normalized spacial score (nSPS) is 12.3. The lowest BCUT2D eigenvalue weighted by Gasteiger charge is -2.15. The quantitative estimate of drug-likeness (QED) is 0.796. The van der Waals surface area contributed by atoms with Crippen molar-refractivity contribution in [2.45, 2.75) is 38.9 Å². The highest BCUT2D eigenvalue weighted by atomic mass is 32.2. The molecular formula is C13H24N4S. The summed E-state index contributed by atoms with van der Waals surface area (Å²) in [5.41, 5.74) is 1.09. The third-order valence-electron chi connectivity index (χ3n) is 2.86. The van der Waals surface area contributed by atoms with Crippen LogP contribution in [0, 0.1) is 6.92 Å². The third-order valence-corrected chi connectivity index (χ3v) is 3.83. The molecule has 1 unspecified atom stereocenters. The van der Waals surface area contributed by atoms with Crippen LogP contribution in [0.1, 0.15) is 31.7 Å². The third kappa shape index (κ3) is 4.05. The molecule has 0 bridgehead atoms. The van der Waals surface area contributed by atoms with Gasteiger partial charge in [0.25, 0.3) is 0 Å². The number of anilines is 2. The zero-order valence-electron chi connectivity index (χ0n) is 12.0. The maximum absolute atomic E-state index is 4.61. The maximum atomic E-state index is 4.61. The molecule has 0 aromatic carbocycles. The molecule has 0 spiro atoms. The summed E-state index contributed by atoms with van der Waals surface area (Å²) in [4.78, 5) is 9.13. The average Bonchev–Trinajstić information content (AvgIpc) is 2.38. The standard InChI is InChI=1S/C13H24N4S/c1-6-7-11-16-12(14-4)10(3)13(17-11)15-8-9(2)18-5/h9H,6-8H2,1-5H3,(H2,14,15,16,17). The average molecular weight is 268 g/mol. The summed E-state index contributed by atoms with van der Waals surface area (Å²) < 4.78 is 0. The Kier molecular flexibility index (Phi) is 6.25. The van der Waals surface area contributed by atoms with Gasteiger partial charge in [-0.1, -0.05) is 13.8 Å². The fourth-order valence-corrected chi connectivity index (χ4v) is 1.89. The van der Waals surface area contributed by atoms with Crippen LogP contribution in [0.2, 0.25) is 0 Å². The summed E-state index contributed by atoms with van der Waals surface area (Å²) in [5, 5.41) is 7.14. The Morgan fingerprint density at radius 2 is 1.94 bits per heavy atom. The van der Waals surface area contributed by atoms with Gasteiger partial charge in [-0.05, 0) is 19.6 Å². The number of nitrogens with zero attached hydrogens (tertiary/aromatic N) is 2. The van der Waals surface area contributed by atoms with Gasteiger partial charge in [-0.15, -0.1) is 0 Å². The van der Waals surface area contributed by atoms with Gasteiger partial charge in [-0.25, -0.2) is 9.97 Å². The van der Waals surface area contributed by atoms with Gasteiger partial charge in [0.1, 0.15) is 17.5 Å². The highest BCUT2D eigenvalue weighted by Gasteiger charge is 2.10. The fraction of sp³-hybridized carbons (Fsp3) is 0.692. The Hall–Kier alpha value is -0.970. The van der Waals surface area contributed by atoms with Crippen molar-refractivity contribution in [2.75, 3.05) is 30.5 Å². The summed E-state index contributed by atoms with van der Waals surface area (Å²) in [7, 11) is 1.90. The molecule has 18 heavy (non-hydrogen) atoms. The second kappa shape index (κ2) is 7.46. The zero-order chi connectivity index (χ0) is 13.5. The minimum Gasteiger partial charge on any atom is -0.373 e. The smallest absolute Gasteiger partial charge is 0.134 e. The lowest BCUT2D eigenvalue weighted by molar-refractivity contribution is 0.830. The number of rotatable bonds is 7. The Morgan fingerprint density at radius 3 is 2.50 bits per heavy atom. The van der Waals surface area contributed by atoms with Crippen LogP contribution >= 0.6 is 11.8 Å². The number of thioether (sulfide) groups is 1. The Morgan fingerprint density at radius 1 is 1.28 bits per heavy atom. The van der Waals surface area contributed by atoms with E-state index >= 15 is 0 Å². The molecule has 0 amide bonds. The van der Waals surface area contributed by atoms with E-state index in [4.69, 9.17) is 0 Å². The van der Waals surface area contributed by atoms with E-state index in [1.165, 1.54) is 0 Å². The predicted molar refractivity (Wildman–Crippen MR) is 81.8 cm³/mol. The largest absolute Gasteiger partial charge is 0.373 e. The monoisotopic (exact) mass is 268 g/mol. The molecule has 1 aromatic heterocycles. The highest BCUT2D eigenvalue weighted by Crippen LogP contribution is 2.20. The first-order valence-corrected chi connectivity index (χ1v) is 7.73. The molecule has 1 heterocycles. The number of aryl methyl sites for hydroxylation is 1. The van der Waals surface area contributed by atoms with Gasteiger partial charge in [-0.3, -0.25) is 0 Å². The van der Waals surface area contributed by atoms with Crippen LogP contribution in [0.3, 0.4) is 0 Å². The van der Waals surface area contributed by atoms with Crippen molar-refractivity contribution in [3.8, 4) is 0 Å². The zero-order valence-corrected chi connectivity index (χ0v) is 12.8. The molecule has 0 saturated heterocycles. The first-order valence-electron chi connectivity index (χ1n) is 6.44. The summed E-state index contributed by atoms with van der Waals surface area (Å²) >= 11 is 1.85. The van der Waals surface area contributed by atoms with E-state index in [1.54, 1.807) is 0 Å². The Bertz CT molecular complexity index is 381. The van der Waals surface area contributed by atoms with Crippen molar-refractivity contribution in [3.63, 3.8) is 0 Å². The van der Waals surface area contributed by atoms with Crippen molar-refractivity contribution in [3.05, 3.63) is 11.4 Å². The maximum Gasteiger partial charge on any atom is 0.134 e. The second-order valence-corrected chi connectivity index (χ2v) is 5.67. The molecule has 1 rings (SSSR count). The molecule has 0 aliphatic carbocycles. The second-order valence-electron chi connectivity index (χ2n) is 4.39. The van der Waals surface area contributed by atoms with Crippen LogP contribution in [0.25, 0.3) is 0 Å². The predicted octanol–water partition coefficient (Wildman–Crippen LogP) is 2.94. The summed E-state index contributed by atoms with van der Waals surface area (Å²) in [6, 6.07) is 0. The molecule has 102 valence electrons. The summed E-state index contributed by atoms with van der Waals surface area (Å²) in [6.45, 7) is 7.33. The van der Waals surface area contributed by atoms with Crippen molar-refractivity contribution in [1.29, 1.82) is 0 Å². The first-order chi connectivity index (χ1) is 8.62. The summed E-state index contributed by atoms with van der Waals surface area (Å²) in [6.07, 6.45) is 4.11. The van der Waals surface area contributed by atoms with Gasteiger partial charge < -0.3 is 10.6 Å². The molecule has 1 atom stereocenters. The SMILES string of the molecule is CCCc1nc(NC)c(C)c(NCC(C)SC)n1. The topological polar surface area (TPSA) is 49.8 Å². The van der Waals surface area contributed by atoms with Gasteiger partial charge in [0.05, 0.1) is 0 Å². The van der Waals surface area contributed by atoms with Crippen molar-refractivity contribution >= 4 is 23.4 Å². The van der Waals surface area contributed by atoms with E-state index in [0.29, 0.717) is 5.25 Å². The van der Waals surface area contributed by atoms with E-state index in [2.05, 4.69) is 40.7 Å². The van der Waals surface area contributed by atoms with E-state index in [-0.39, 0.29) is 0 Å². The van der Waals surface area contributed by atoms with E-state index in [9.17, 15) is 0 Å². The first kappa shape index (κ1) is 15.1. The Labute approximate surface area is 114 Å². The summed E-state index contributed by atoms with van der Waals surface area (Å²) in [5.74, 6) is 2.79. The molecule has 0 saturated carbocycles. The number of nitrogens with one attached hydrogen (secondary N) is 2. The molecule has 0 aliphatic heterocycles. The van der Waals surface area contributed by atoms with Crippen LogP contribution in [0.5, 0.6) is 0 Å². The number of aromatic nitrogens is 2. The van der Waals surface area contributed by atoms with Crippen LogP contribution in [-0.4, -0.2) is 35.1 Å². The molecule has 5 heteroatoms. The number of hydrogen-bond acceptors (Lipinski definition) is 5. The van der Waals surface area contributed by atoms with Crippen molar-refractivity contribution in [1.82, 2.24) is 9.97 Å². The molecule has 0 fully saturated rings. The van der Waals surface area contributed by atoms with Crippen LogP contribution in [-0.2, 0) is 6.42 Å². The molecule has 2 N–H and O–H groups in total. The molecule has 0 radical (unpaired) electrons. The lowest BCUT2D eigenvalue weighted by atomic mass is 10.2. The molecule has 4 nitrogen and oxygen atoms in total. The van der Waals surface area contributed by atoms with E-state index in [0.717, 1.165) is 42.4 Å². The molecule has 0 aliphatic rings. The minimum atomic E-state index is 0.576. The van der Waals surface area contributed by atoms with Crippen molar-refractivity contribution in [2.24, 2.45) is 0 Å². The lowest BCUT2D eigenvalue weighted by Crippen LogP contribution is -2.16. The van der Waals surface area contributed by atoms with Gasteiger partial charge in [-0.2, -0.15) is 11.8 Å². The van der Waals surface area contributed by atoms with Gasteiger partial charge in [0.15, 0.2) is 0 Å². The Balaban J connectivity index is 2.90. The molecular weight excluding hydrogens is 244 g/mol. The van der Waals surface area contributed by atoms with Gasteiger partial charge in [0, 0.05) is 30.8 Å². The highest BCUT2D eigenvalue weighted by molar-refractivity contribution is 7.99. The fourth-order valence-electron chi connectivity index (χ4n) is 1.64.